The summed E-state index contributed by atoms with van der Waals surface area (Å²) in [5, 5.41) is 3.61. The largest absolute Gasteiger partial charge is 0.368 e. The third-order valence-corrected chi connectivity index (χ3v) is 5.84. The number of rotatable bonds is 3. The highest BCUT2D eigenvalue weighted by molar-refractivity contribution is 8.00. The fourth-order valence-corrected chi connectivity index (χ4v) is 4.34. The molecule has 0 aromatic carbocycles. The number of nitrogens with one attached hydrogen (secondary N) is 1. The Kier molecular flexibility index (Phi) is 3.96. The van der Waals surface area contributed by atoms with Crippen LogP contribution in [0.5, 0.6) is 0 Å². The number of aromatic nitrogens is 2. The molecule has 1 aliphatic carbocycles. The molecule has 4 heteroatoms. The second kappa shape index (κ2) is 5.70. The van der Waals surface area contributed by atoms with Crippen LogP contribution in [-0.4, -0.2) is 27.0 Å². The van der Waals surface area contributed by atoms with Gasteiger partial charge in [0.2, 0.25) is 0 Å². The van der Waals surface area contributed by atoms with Gasteiger partial charge in [-0.25, -0.2) is 9.97 Å². The number of anilines is 1. The number of thioether (sulfide) groups is 1. The maximum Gasteiger partial charge on any atom is 0.132 e. The van der Waals surface area contributed by atoms with Crippen molar-refractivity contribution in [1.82, 2.24) is 9.97 Å². The van der Waals surface area contributed by atoms with Crippen LogP contribution in [0.4, 0.5) is 5.82 Å². The van der Waals surface area contributed by atoms with Gasteiger partial charge in [0.25, 0.3) is 0 Å². The number of fused-ring (bicyclic) bond motifs is 1. The van der Waals surface area contributed by atoms with Crippen LogP contribution < -0.4 is 5.32 Å². The Bertz CT molecular complexity index is 441. The second-order valence-electron chi connectivity index (χ2n) is 5.96. The van der Waals surface area contributed by atoms with Gasteiger partial charge in [-0.2, -0.15) is 11.8 Å². The first-order valence-corrected chi connectivity index (χ1v) is 8.46. The van der Waals surface area contributed by atoms with Gasteiger partial charge in [0, 0.05) is 22.5 Å². The second-order valence-corrected chi connectivity index (χ2v) is 7.65. The number of hydrogen-bond donors (Lipinski definition) is 1. The highest BCUT2D eigenvalue weighted by atomic mass is 32.2. The summed E-state index contributed by atoms with van der Waals surface area (Å²) in [6, 6.07) is 0. The molecular formula is C15H23N3S. The molecule has 0 spiro atoms. The van der Waals surface area contributed by atoms with Crippen molar-refractivity contribution in [3.63, 3.8) is 0 Å². The topological polar surface area (TPSA) is 37.8 Å². The highest BCUT2D eigenvalue weighted by Crippen LogP contribution is 2.38. The Morgan fingerprint density at radius 3 is 2.95 bits per heavy atom. The van der Waals surface area contributed by atoms with Gasteiger partial charge in [-0.1, -0.05) is 6.42 Å². The van der Waals surface area contributed by atoms with E-state index in [1.807, 2.05) is 0 Å². The molecule has 1 atom stereocenters. The Balaban J connectivity index is 1.73. The quantitative estimate of drug-likeness (QED) is 0.859. The van der Waals surface area contributed by atoms with Crippen molar-refractivity contribution >= 4 is 17.6 Å². The molecule has 19 heavy (non-hydrogen) atoms. The predicted octanol–water partition coefficient (Wildman–Crippen LogP) is 3.44. The maximum atomic E-state index is 4.49. The zero-order chi connectivity index (χ0) is 13.1. The van der Waals surface area contributed by atoms with Crippen molar-refractivity contribution in [1.29, 1.82) is 0 Å². The molecule has 1 N–H and O–H groups in total. The summed E-state index contributed by atoms with van der Waals surface area (Å²) in [5.41, 5.74) is 2.66. The van der Waals surface area contributed by atoms with Crippen LogP contribution in [0.15, 0.2) is 6.33 Å². The molecule has 2 heterocycles. The summed E-state index contributed by atoms with van der Waals surface area (Å²) in [6.45, 7) is 3.40. The lowest BCUT2D eigenvalue weighted by atomic mass is 10.1. The third-order valence-electron chi connectivity index (χ3n) is 4.31. The van der Waals surface area contributed by atoms with Crippen LogP contribution in [0.25, 0.3) is 0 Å². The number of aryl methyl sites for hydroxylation is 1. The minimum atomic E-state index is 0.391. The average Bonchev–Trinajstić information content (AvgIpc) is 2.71. The SMILES string of the molecule is CC1(CNc2ncnc3c2CCCCC3)CCCS1. The molecule has 0 radical (unpaired) electrons. The predicted molar refractivity (Wildman–Crippen MR) is 81.9 cm³/mol. The highest BCUT2D eigenvalue weighted by Gasteiger charge is 2.29. The minimum absolute atomic E-state index is 0.391. The lowest BCUT2D eigenvalue weighted by molar-refractivity contribution is 0.633. The standard InChI is InChI=1S/C15H23N3S/c1-15(8-5-9-19-15)10-16-14-12-6-3-2-4-7-13(12)17-11-18-14/h11H,2-10H2,1H3,(H,16,17,18). The molecule has 0 saturated carbocycles. The van der Waals surface area contributed by atoms with Gasteiger partial charge in [-0.05, 0) is 51.2 Å². The smallest absolute Gasteiger partial charge is 0.132 e. The summed E-state index contributed by atoms with van der Waals surface area (Å²) >= 11 is 2.10. The van der Waals surface area contributed by atoms with Gasteiger partial charge in [0.1, 0.15) is 12.1 Å². The Labute approximate surface area is 120 Å². The lowest BCUT2D eigenvalue weighted by Crippen LogP contribution is -2.28. The van der Waals surface area contributed by atoms with Crippen LogP contribution in [0.3, 0.4) is 0 Å². The van der Waals surface area contributed by atoms with Crippen molar-refractivity contribution in [2.45, 2.75) is 56.6 Å². The van der Waals surface area contributed by atoms with Crippen molar-refractivity contribution in [2.24, 2.45) is 0 Å². The molecular weight excluding hydrogens is 254 g/mol. The van der Waals surface area contributed by atoms with Gasteiger partial charge >= 0.3 is 0 Å². The van der Waals surface area contributed by atoms with E-state index >= 15 is 0 Å². The summed E-state index contributed by atoms with van der Waals surface area (Å²) < 4.78 is 0.391. The summed E-state index contributed by atoms with van der Waals surface area (Å²) in [4.78, 5) is 8.97. The molecule has 3 rings (SSSR count). The minimum Gasteiger partial charge on any atom is -0.368 e. The van der Waals surface area contributed by atoms with Gasteiger partial charge in [0.15, 0.2) is 0 Å². The van der Waals surface area contributed by atoms with Crippen LogP contribution in [0.1, 0.15) is 50.3 Å². The van der Waals surface area contributed by atoms with Crippen LogP contribution >= 0.6 is 11.8 Å². The van der Waals surface area contributed by atoms with Crippen molar-refractivity contribution < 1.29 is 0 Å². The monoisotopic (exact) mass is 277 g/mol. The third kappa shape index (κ3) is 3.04. The molecule has 1 aromatic rings. The van der Waals surface area contributed by atoms with E-state index in [-0.39, 0.29) is 0 Å². The first kappa shape index (κ1) is 13.2. The Morgan fingerprint density at radius 2 is 2.11 bits per heavy atom. The van der Waals surface area contributed by atoms with Crippen LogP contribution in [0.2, 0.25) is 0 Å². The summed E-state index contributed by atoms with van der Waals surface area (Å²) in [5.74, 6) is 2.40. The normalized spacial score (nSPS) is 26.8. The zero-order valence-electron chi connectivity index (χ0n) is 11.7. The maximum absolute atomic E-state index is 4.49. The van der Waals surface area contributed by atoms with Gasteiger partial charge in [0.05, 0.1) is 0 Å². The first-order chi connectivity index (χ1) is 9.27. The molecule has 2 aliphatic rings. The van der Waals surface area contributed by atoms with E-state index in [0.29, 0.717) is 4.75 Å². The molecule has 1 unspecified atom stereocenters. The van der Waals surface area contributed by atoms with E-state index in [9.17, 15) is 0 Å². The number of hydrogen-bond acceptors (Lipinski definition) is 4. The molecule has 1 aromatic heterocycles. The zero-order valence-corrected chi connectivity index (χ0v) is 12.6. The molecule has 1 fully saturated rings. The molecule has 104 valence electrons. The van der Waals surface area contributed by atoms with Crippen molar-refractivity contribution in [3.05, 3.63) is 17.6 Å². The average molecular weight is 277 g/mol. The van der Waals surface area contributed by atoms with E-state index in [4.69, 9.17) is 0 Å². The van der Waals surface area contributed by atoms with Gasteiger partial charge in [-0.15, -0.1) is 0 Å². The Hall–Kier alpha value is -0.770. The molecule has 1 aliphatic heterocycles. The van der Waals surface area contributed by atoms with Crippen LogP contribution in [-0.2, 0) is 12.8 Å². The van der Waals surface area contributed by atoms with Gasteiger partial charge < -0.3 is 5.32 Å². The van der Waals surface area contributed by atoms with E-state index in [1.165, 1.54) is 49.1 Å². The van der Waals surface area contributed by atoms with E-state index in [1.54, 1.807) is 6.33 Å². The van der Waals surface area contributed by atoms with Crippen LogP contribution in [0, 0.1) is 0 Å². The van der Waals surface area contributed by atoms with E-state index in [0.717, 1.165) is 25.2 Å². The number of nitrogens with zero attached hydrogens (tertiary/aromatic N) is 2. The fourth-order valence-electron chi connectivity index (χ4n) is 3.10. The lowest BCUT2D eigenvalue weighted by Gasteiger charge is -2.24. The Morgan fingerprint density at radius 1 is 1.21 bits per heavy atom. The van der Waals surface area contributed by atoms with E-state index < -0.39 is 0 Å². The van der Waals surface area contributed by atoms with Gasteiger partial charge in [-0.3, -0.25) is 0 Å². The molecule has 3 nitrogen and oxygen atoms in total. The van der Waals surface area contributed by atoms with E-state index in [2.05, 4.69) is 34.0 Å². The van der Waals surface area contributed by atoms with Crippen molar-refractivity contribution in [3.8, 4) is 0 Å². The van der Waals surface area contributed by atoms with Crippen molar-refractivity contribution in [2.75, 3.05) is 17.6 Å². The summed E-state index contributed by atoms with van der Waals surface area (Å²) in [6.07, 6.45) is 10.5. The molecule has 0 amide bonds. The molecule has 0 bridgehead atoms. The summed E-state index contributed by atoms with van der Waals surface area (Å²) in [7, 11) is 0. The molecule has 1 saturated heterocycles. The fraction of sp³-hybridized carbons (Fsp3) is 0.733. The first-order valence-electron chi connectivity index (χ1n) is 7.47.